The first-order chi connectivity index (χ1) is 11.0. The molecule has 126 valence electrons. The number of piperidine rings is 1. The Morgan fingerprint density at radius 3 is 2.78 bits per heavy atom. The van der Waals surface area contributed by atoms with Crippen LogP contribution in [-0.2, 0) is 4.74 Å². The second kappa shape index (κ2) is 7.44. The smallest absolute Gasteiger partial charge is 0.345 e. The predicted molar refractivity (Wildman–Crippen MR) is 88.9 cm³/mol. The molecule has 1 aliphatic rings. The summed E-state index contributed by atoms with van der Waals surface area (Å²) in [6, 6.07) is 5.15. The fourth-order valence-electron chi connectivity index (χ4n) is 3.21. The average Bonchev–Trinajstić information content (AvgIpc) is 2.54. The maximum atomic E-state index is 12.1. The van der Waals surface area contributed by atoms with Crippen LogP contribution in [0.15, 0.2) is 18.2 Å². The molecule has 0 aromatic heterocycles. The molecule has 0 aliphatic carbocycles. The van der Waals surface area contributed by atoms with E-state index in [-0.39, 0.29) is 17.9 Å². The molecule has 6 nitrogen and oxygen atoms in total. The average molecular weight is 320 g/mol. The highest BCUT2D eigenvalue weighted by atomic mass is 16.6. The van der Waals surface area contributed by atoms with Crippen LogP contribution >= 0.6 is 0 Å². The number of carbonyl (C=O) groups is 1. The van der Waals surface area contributed by atoms with Gasteiger partial charge in [-0.15, -0.1) is 0 Å². The minimum Gasteiger partial charge on any atom is -0.462 e. The van der Waals surface area contributed by atoms with Crippen molar-refractivity contribution in [1.82, 2.24) is 0 Å². The molecule has 0 amide bonds. The molecule has 0 unspecified atom stereocenters. The van der Waals surface area contributed by atoms with Crippen LogP contribution in [0.1, 0.15) is 50.4 Å². The third kappa shape index (κ3) is 3.81. The summed E-state index contributed by atoms with van der Waals surface area (Å²) in [5.74, 6) is 0.0400. The van der Waals surface area contributed by atoms with Crippen molar-refractivity contribution in [2.75, 3.05) is 18.1 Å². The molecule has 23 heavy (non-hydrogen) atoms. The summed E-state index contributed by atoms with van der Waals surface area (Å²) in [5, 5.41) is 11.2. The molecule has 0 bridgehead atoms. The van der Waals surface area contributed by atoms with Gasteiger partial charge in [0.2, 0.25) is 0 Å². The van der Waals surface area contributed by atoms with Crippen molar-refractivity contribution in [2.45, 2.75) is 46.1 Å². The number of carbonyl (C=O) groups excluding carboxylic acids is 1. The first-order valence-corrected chi connectivity index (χ1v) is 8.20. The minimum absolute atomic E-state index is 0.0304. The van der Waals surface area contributed by atoms with Crippen LogP contribution < -0.4 is 4.90 Å². The molecule has 2 rings (SSSR count). The van der Waals surface area contributed by atoms with Crippen LogP contribution in [0, 0.1) is 16.0 Å². The molecule has 2 atom stereocenters. The number of ether oxygens (including phenoxy) is 1. The van der Waals surface area contributed by atoms with Crippen LogP contribution in [0.2, 0.25) is 0 Å². The highest BCUT2D eigenvalue weighted by Gasteiger charge is 2.28. The van der Waals surface area contributed by atoms with Crippen molar-refractivity contribution in [1.29, 1.82) is 0 Å². The maximum absolute atomic E-state index is 12.1. The van der Waals surface area contributed by atoms with Gasteiger partial charge in [-0.05, 0) is 44.2 Å². The Bertz CT molecular complexity index is 588. The summed E-state index contributed by atoms with van der Waals surface area (Å²) in [7, 11) is 0. The lowest BCUT2D eigenvalue weighted by Gasteiger charge is -2.40. The molecule has 1 aromatic carbocycles. The van der Waals surface area contributed by atoms with Gasteiger partial charge < -0.3 is 9.64 Å². The van der Waals surface area contributed by atoms with Gasteiger partial charge in [-0.2, -0.15) is 0 Å². The number of hydrogen-bond donors (Lipinski definition) is 0. The van der Waals surface area contributed by atoms with Gasteiger partial charge in [-0.25, -0.2) is 4.79 Å². The molecule has 0 N–H and O–H groups in total. The predicted octanol–water partition coefficient (Wildman–Crippen LogP) is 3.79. The SMILES string of the molecule is CCOC(=O)c1cc(N2CC[C@H](C)C[C@@H]2CC)ccc1[N+](=O)[O-]. The summed E-state index contributed by atoms with van der Waals surface area (Å²) in [5.41, 5.74) is 0.686. The van der Waals surface area contributed by atoms with Gasteiger partial charge in [-0.3, -0.25) is 10.1 Å². The molecule has 1 aromatic rings. The fraction of sp³-hybridized carbons (Fsp3) is 0.588. The van der Waals surface area contributed by atoms with E-state index >= 15 is 0 Å². The van der Waals surface area contributed by atoms with Crippen LogP contribution in [0.25, 0.3) is 0 Å². The molecular formula is C17H24N2O4. The second-order valence-corrected chi connectivity index (χ2v) is 6.06. The summed E-state index contributed by atoms with van der Waals surface area (Å²) >= 11 is 0. The summed E-state index contributed by atoms with van der Waals surface area (Å²) in [6.07, 6.45) is 3.19. The van der Waals surface area contributed by atoms with E-state index in [2.05, 4.69) is 18.7 Å². The molecule has 0 radical (unpaired) electrons. The van der Waals surface area contributed by atoms with E-state index in [0.717, 1.165) is 31.5 Å². The van der Waals surface area contributed by atoms with E-state index in [9.17, 15) is 14.9 Å². The van der Waals surface area contributed by atoms with E-state index in [1.165, 1.54) is 6.07 Å². The van der Waals surface area contributed by atoms with Gasteiger partial charge in [0.1, 0.15) is 5.56 Å². The Morgan fingerprint density at radius 2 is 2.17 bits per heavy atom. The van der Waals surface area contributed by atoms with Crippen molar-refractivity contribution in [3.63, 3.8) is 0 Å². The van der Waals surface area contributed by atoms with E-state index in [4.69, 9.17) is 4.74 Å². The molecule has 1 heterocycles. The molecule has 0 spiro atoms. The van der Waals surface area contributed by atoms with Gasteiger partial charge in [0.05, 0.1) is 11.5 Å². The number of nitrogens with zero attached hydrogens (tertiary/aromatic N) is 2. The molecular weight excluding hydrogens is 296 g/mol. The lowest BCUT2D eigenvalue weighted by Crippen LogP contribution is -2.41. The highest BCUT2D eigenvalue weighted by molar-refractivity contribution is 5.95. The lowest BCUT2D eigenvalue weighted by atomic mass is 9.90. The van der Waals surface area contributed by atoms with Crippen LogP contribution in [-0.4, -0.2) is 30.1 Å². The molecule has 1 aliphatic heterocycles. The monoisotopic (exact) mass is 320 g/mol. The normalized spacial score (nSPS) is 21.1. The van der Waals surface area contributed by atoms with Crippen molar-refractivity contribution < 1.29 is 14.5 Å². The minimum atomic E-state index is -0.639. The van der Waals surface area contributed by atoms with Crippen molar-refractivity contribution in [2.24, 2.45) is 5.92 Å². The van der Waals surface area contributed by atoms with E-state index < -0.39 is 10.9 Å². The number of nitro benzene ring substituents is 1. The standard InChI is InChI=1S/C17H24N2O4/c1-4-13-10-12(3)8-9-18(13)14-6-7-16(19(21)22)15(11-14)17(20)23-5-2/h6-7,11-13H,4-5,8-10H2,1-3H3/t12-,13-/m0/s1. The Balaban J connectivity index is 2.38. The third-order valence-electron chi connectivity index (χ3n) is 4.45. The van der Waals surface area contributed by atoms with E-state index in [0.29, 0.717) is 12.0 Å². The zero-order valence-corrected chi connectivity index (χ0v) is 13.9. The number of anilines is 1. The lowest BCUT2D eigenvalue weighted by molar-refractivity contribution is -0.385. The van der Waals surface area contributed by atoms with E-state index in [1.54, 1.807) is 19.1 Å². The molecule has 6 heteroatoms. The Labute approximate surface area is 136 Å². The van der Waals surface area contributed by atoms with Crippen molar-refractivity contribution >= 4 is 17.3 Å². The Hall–Kier alpha value is -2.11. The number of esters is 1. The van der Waals surface area contributed by atoms with Gasteiger partial charge in [-0.1, -0.05) is 13.8 Å². The molecule has 0 saturated carbocycles. The maximum Gasteiger partial charge on any atom is 0.345 e. The third-order valence-corrected chi connectivity index (χ3v) is 4.45. The number of rotatable bonds is 5. The molecule has 1 fully saturated rings. The van der Waals surface area contributed by atoms with Gasteiger partial charge in [0.25, 0.3) is 5.69 Å². The zero-order valence-electron chi connectivity index (χ0n) is 13.9. The Morgan fingerprint density at radius 1 is 1.43 bits per heavy atom. The number of nitro groups is 1. The zero-order chi connectivity index (χ0) is 17.0. The highest BCUT2D eigenvalue weighted by Crippen LogP contribution is 2.32. The number of benzene rings is 1. The van der Waals surface area contributed by atoms with Crippen molar-refractivity contribution in [3.05, 3.63) is 33.9 Å². The van der Waals surface area contributed by atoms with Crippen LogP contribution in [0.4, 0.5) is 11.4 Å². The van der Waals surface area contributed by atoms with Crippen LogP contribution in [0.5, 0.6) is 0 Å². The second-order valence-electron chi connectivity index (χ2n) is 6.06. The summed E-state index contributed by atoms with van der Waals surface area (Å²) < 4.78 is 4.97. The van der Waals surface area contributed by atoms with E-state index in [1.807, 2.05) is 0 Å². The quantitative estimate of drug-likeness (QED) is 0.469. The van der Waals surface area contributed by atoms with Crippen molar-refractivity contribution in [3.8, 4) is 0 Å². The van der Waals surface area contributed by atoms with Gasteiger partial charge >= 0.3 is 5.97 Å². The summed E-state index contributed by atoms with van der Waals surface area (Å²) in [4.78, 5) is 24.9. The van der Waals surface area contributed by atoms with Gasteiger partial charge in [0, 0.05) is 24.3 Å². The summed E-state index contributed by atoms with van der Waals surface area (Å²) in [6.45, 7) is 7.18. The van der Waals surface area contributed by atoms with Crippen LogP contribution in [0.3, 0.4) is 0 Å². The molecule has 1 saturated heterocycles. The first kappa shape index (κ1) is 17.2. The fourth-order valence-corrected chi connectivity index (χ4v) is 3.21. The first-order valence-electron chi connectivity index (χ1n) is 8.20. The topological polar surface area (TPSA) is 72.7 Å². The van der Waals surface area contributed by atoms with Gasteiger partial charge in [0.15, 0.2) is 0 Å². The largest absolute Gasteiger partial charge is 0.462 e. The Kier molecular flexibility index (Phi) is 5.58. The number of hydrogen-bond acceptors (Lipinski definition) is 5.